The molecule has 0 radical (unpaired) electrons. The summed E-state index contributed by atoms with van der Waals surface area (Å²) in [5, 5.41) is 5.61. The van der Waals surface area contributed by atoms with Gasteiger partial charge in [0, 0.05) is 37.4 Å². The number of hydrogen-bond acceptors (Lipinski definition) is 3. The number of hydrogen-bond donors (Lipinski definition) is 2. The van der Waals surface area contributed by atoms with Crippen LogP contribution in [0.4, 0.5) is 15.8 Å². The fraction of sp³-hybridized carbons (Fsp3) is 0.333. The molecule has 0 bridgehead atoms. The lowest BCUT2D eigenvalue weighted by atomic mass is 9.89. The van der Waals surface area contributed by atoms with Crippen LogP contribution in [0.2, 0.25) is 0 Å². The molecular weight excluding hydrogens is 345 g/mol. The third-order valence-corrected chi connectivity index (χ3v) is 5.26. The molecule has 2 N–H and O–H groups in total. The Morgan fingerprint density at radius 1 is 1.26 bits per heavy atom. The van der Waals surface area contributed by atoms with E-state index < -0.39 is 11.7 Å². The second kappa shape index (κ2) is 7.39. The van der Waals surface area contributed by atoms with E-state index in [1.54, 1.807) is 0 Å². The lowest BCUT2D eigenvalue weighted by Crippen LogP contribution is -2.36. The van der Waals surface area contributed by atoms with Crippen LogP contribution in [0.5, 0.6) is 0 Å². The van der Waals surface area contributed by atoms with E-state index in [9.17, 15) is 14.0 Å². The van der Waals surface area contributed by atoms with Crippen LogP contribution in [0.15, 0.2) is 42.5 Å². The van der Waals surface area contributed by atoms with E-state index in [0.717, 1.165) is 25.9 Å². The van der Waals surface area contributed by atoms with Crippen LogP contribution in [0.25, 0.3) is 0 Å². The molecule has 2 amide bonds. The molecule has 6 heteroatoms. The Balaban J connectivity index is 1.33. The van der Waals surface area contributed by atoms with Gasteiger partial charge in [-0.25, -0.2) is 4.39 Å². The first-order chi connectivity index (χ1) is 13.1. The quantitative estimate of drug-likeness (QED) is 0.799. The number of halogens is 1. The number of nitrogens with one attached hydrogen (secondary N) is 2. The van der Waals surface area contributed by atoms with E-state index in [0.29, 0.717) is 17.8 Å². The number of benzene rings is 2. The van der Waals surface area contributed by atoms with Crippen molar-refractivity contribution < 1.29 is 14.0 Å². The van der Waals surface area contributed by atoms with Gasteiger partial charge in [-0.2, -0.15) is 0 Å². The number of carbonyl (C=O) groups excluding carboxylic acids is 2. The fourth-order valence-electron chi connectivity index (χ4n) is 3.91. The van der Waals surface area contributed by atoms with Crippen molar-refractivity contribution in [3.05, 3.63) is 59.4 Å². The van der Waals surface area contributed by atoms with Crippen molar-refractivity contribution in [2.45, 2.75) is 25.2 Å². The SMILES string of the molecule is O=C1C[C@@H](C(=O)NCCCN2CCc3ccccc32)c2cc(F)ccc2N1. The molecule has 0 aromatic heterocycles. The minimum absolute atomic E-state index is 0.0434. The Morgan fingerprint density at radius 2 is 2.11 bits per heavy atom. The molecule has 4 rings (SSSR count). The second-order valence-electron chi connectivity index (χ2n) is 7.05. The molecule has 0 spiro atoms. The van der Waals surface area contributed by atoms with Crippen LogP contribution < -0.4 is 15.5 Å². The van der Waals surface area contributed by atoms with Gasteiger partial charge in [-0.05, 0) is 48.2 Å². The summed E-state index contributed by atoms with van der Waals surface area (Å²) in [7, 11) is 0. The third kappa shape index (κ3) is 3.65. The average Bonchev–Trinajstić information content (AvgIpc) is 3.08. The average molecular weight is 367 g/mol. The molecule has 0 saturated carbocycles. The normalized spacial score (nSPS) is 17.9. The molecule has 0 saturated heterocycles. The van der Waals surface area contributed by atoms with Crippen molar-refractivity contribution >= 4 is 23.2 Å². The third-order valence-electron chi connectivity index (χ3n) is 5.26. The summed E-state index contributed by atoms with van der Waals surface area (Å²) >= 11 is 0. The molecule has 0 unspecified atom stereocenters. The topological polar surface area (TPSA) is 61.4 Å². The zero-order valence-corrected chi connectivity index (χ0v) is 15.0. The van der Waals surface area contributed by atoms with Crippen molar-refractivity contribution in [1.29, 1.82) is 0 Å². The molecule has 0 aliphatic carbocycles. The minimum atomic E-state index is -0.642. The smallest absolute Gasteiger partial charge is 0.228 e. The first-order valence-corrected chi connectivity index (χ1v) is 9.31. The van der Waals surface area contributed by atoms with E-state index in [2.05, 4.69) is 33.7 Å². The summed E-state index contributed by atoms with van der Waals surface area (Å²) in [5.74, 6) is -1.49. The summed E-state index contributed by atoms with van der Waals surface area (Å²) in [6, 6.07) is 12.5. The molecule has 140 valence electrons. The first kappa shape index (κ1) is 17.5. The van der Waals surface area contributed by atoms with Gasteiger partial charge in [0.1, 0.15) is 5.82 Å². The summed E-state index contributed by atoms with van der Waals surface area (Å²) in [6.45, 7) is 2.40. The van der Waals surface area contributed by atoms with Gasteiger partial charge >= 0.3 is 0 Å². The van der Waals surface area contributed by atoms with Crippen LogP contribution >= 0.6 is 0 Å². The number of anilines is 2. The summed E-state index contributed by atoms with van der Waals surface area (Å²) in [5.41, 5.74) is 3.70. The maximum Gasteiger partial charge on any atom is 0.228 e. The maximum absolute atomic E-state index is 13.6. The maximum atomic E-state index is 13.6. The molecule has 2 aromatic carbocycles. The monoisotopic (exact) mass is 367 g/mol. The number of para-hydroxylation sites is 1. The minimum Gasteiger partial charge on any atom is -0.371 e. The van der Waals surface area contributed by atoms with Gasteiger partial charge in [0.2, 0.25) is 11.8 Å². The lowest BCUT2D eigenvalue weighted by molar-refractivity contribution is -0.126. The number of nitrogens with zero attached hydrogens (tertiary/aromatic N) is 1. The van der Waals surface area contributed by atoms with Crippen molar-refractivity contribution in [1.82, 2.24) is 5.32 Å². The Hall–Kier alpha value is -2.89. The van der Waals surface area contributed by atoms with Crippen molar-refractivity contribution in [2.75, 3.05) is 29.9 Å². The number of amides is 2. The molecule has 2 aromatic rings. The van der Waals surface area contributed by atoms with Gasteiger partial charge < -0.3 is 15.5 Å². The highest BCUT2D eigenvalue weighted by molar-refractivity contribution is 6.01. The highest BCUT2D eigenvalue weighted by atomic mass is 19.1. The number of fused-ring (bicyclic) bond motifs is 2. The van der Waals surface area contributed by atoms with Gasteiger partial charge in [0.15, 0.2) is 0 Å². The van der Waals surface area contributed by atoms with E-state index in [1.165, 1.54) is 29.4 Å². The van der Waals surface area contributed by atoms with Gasteiger partial charge in [-0.1, -0.05) is 18.2 Å². The van der Waals surface area contributed by atoms with Gasteiger partial charge in [-0.3, -0.25) is 9.59 Å². The van der Waals surface area contributed by atoms with Crippen LogP contribution in [0.3, 0.4) is 0 Å². The van der Waals surface area contributed by atoms with Crippen molar-refractivity contribution in [2.24, 2.45) is 0 Å². The summed E-state index contributed by atoms with van der Waals surface area (Å²) in [6.07, 6.45) is 1.92. The molecule has 1 atom stereocenters. The summed E-state index contributed by atoms with van der Waals surface area (Å²) < 4.78 is 13.6. The second-order valence-corrected chi connectivity index (χ2v) is 7.05. The zero-order chi connectivity index (χ0) is 18.8. The van der Waals surface area contributed by atoms with Crippen molar-refractivity contribution in [3.63, 3.8) is 0 Å². The molecule has 27 heavy (non-hydrogen) atoms. The highest BCUT2D eigenvalue weighted by Crippen LogP contribution is 2.33. The molecule has 2 aliphatic heterocycles. The van der Waals surface area contributed by atoms with Crippen LogP contribution in [-0.4, -0.2) is 31.4 Å². The standard InChI is InChI=1S/C21H22FN3O2/c22-15-6-7-18-16(12-15)17(13-20(26)24-18)21(27)23-9-3-10-25-11-8-14-4-1-2-5-19(14)25/h1-2,4-7,12,17H,3,8-11,13H2,(H,23,27)(H,24,26)/t17-/m1/s1. The molecule has 0 fully saturated rings. The zero-order valence-electron chi connectivity index (χ0n) is 15.0. The largest absolute Gasteiger partial charge is 0.371 e. The predicted molar refractivity (Wildman–Crippen MR) is 102 cm³/mol. The Morgan fingerprint density at radius 3 is 3.00 bits per heavy atom. The molecule has 2 heterocycles. The molecule has 2 aliphatic rings. The van der Waals surface area contributed by atoms with Gasteiger partial charge in [-0.15, -0.1) is 0 Å². The Labute approximate surface area is 157 Å². The van der Waals surface area contributed by atoms with Crippen molar-refractivity contribution in [3.8, 4) is 0 Å². The van der Waals surface area contributed by atoms with Gasteiger partial charge in [0.05, 0.1) is 5.92 Å². The Kier molecular flexibility index (Phi) is 4.79. The van der Waals surface area contributed by atoms with Crippen LogP contribution in [-0.2, 0) is 16.0 Å². The summed E-state index contributed by atoms with van der Waals surface area (Å²) in [4.78, 5) is 26.8. The van der Waals surface area contributed by atoms with E-state index >= 15 is 0 Å². The van der Waals surface area contributed by atoms with E-state index in [-0.39, 0.29) is 18.2 Å². The van der Waals surface area contributed by atoms with E-state index in [4.69, 9.17) is 0 Å². The van der Waals surface area contributed by atoms with E-state index in [1.807, 2.05) is 6.07 Å². The van der Waals surface area contributed by atoms with Gasteiger partial charge in [0.25, 0.3) is 0 Å². The number of carbonyl (C=O) groups is 2. The van der Waals surface area contributed by atoms with Crippen LogP contribution in [0, 0.1) is 5.82 Å². The predicted octanol–water partition coefficient (Wildman–Crippen LogP) is 2.82. The molecular formula is C21H22FN3O2. The number of rotatable bonds is 5. The lowest BCUT2D eigenvalue weighted by Gasteiger charge is -2.25. The fourth-order valence-corrected chi connectivity index (χ4v) is 3.91. The van der Waals surface area contributed by atoms with Crippen LogP contribution in [0.1, 0.15) is 29.9 Å². The molecule has 5 nitrogen and oxygen atoms in total. The highest BCUT2D eigenvalue weighted by Gasteiger charge is 2.30. The first-order valence-electron chi connectivity index (χ1n) is 9.31. The Bertz CT molecular complexity index is 883.